The van der Waals surface area contributed by atoms with Gasteiger partial charge in [0.15, 0.2) is 5.76 Å². The van der Waals surface area contributed by atoms with Crippen molar-refractivity contribution < 1.29 is 18.7 Å². The van der Waals surface area contributed by atoms with Crippen molar-refractivity contribution in [1.82, 2.24) is 5.32 Å². The summed E-state index contributed by atoms with van der Waals surface area (Å²) < 4.78 is 16.8. The highest BCUT2D eigenvalue weighted by molar-refractivity contribution is 5.91. The van der Waals surface area contributed by atoms with Gasteiger partial charge in [0.1, 0.15) is 18.1 Å². The van der Waals surface area contributed by atoms with Crippen LogP contribution in [0.25, 0.3) is 0 Å². The number of ether oxygens (including phenoxy) is 2. The molecule has 2 aromatic rings. The number of nitrogens with one attached hydrogen (secondary N) is 1. The van der Waals surface area contributed by atoms with E-state index in [1.807, 2.05) is 45.9 Å². The first-order valence-electron chi connectivity index (χ1n) is 8.64. The number of carbonyl (C=O) groups excluding carboxylic acids is 1. The summed E-state index contributed by atoms with van der Waals surface area (Å²) in [5.74, 6) is 1.52. The van der Waals surface area contributed by atoms with Gasteiger partial charge in [-0.25, -0.2) is 0 Å². The van der Waals surface area contributed by atoms with Gasteiger partial charge in [-0.1, -0.05) is 12.1 Å². The van der Waals surface area contributed by atoms with Crippen LogP contribution in [0.2, 0.25) is 0 Å². The zero-order valence-corrected chi connectivity index (χ0v) is 15.4. The first-order chi connectivity index (χ1) is 12.0. The van der Waals surface area contributed by atoms with Crippen LogP contribution in [0.1, 0.15) is 47.7 Å². The molecule has 136 valence electrons. The quantitative estimate of drug-likeness (QED) is 0.697. The number of carbonyl (C=O) groups is 1. The van der Waals surface area contributed by atoms with Gasteiger partial charge < -0.3 is 19.2 Å². The van der Waals surface area contributed by atoms with Crippen LogP contribution < -0.4 is 10.1 Å². The van der Waals surface area contributed by atoms with Crippen LogP contribution in [0.3, 0.4) is 0 Å². The lowest BCUT2D eigenvalue weighted by Gasteiger charge is -2.08. The lowest BCUT2D eigenvalue weighted by molar-refractivity contribution is 0.0753. The highest BCUT2D eigenvalue weighted by Gasteiger charge is 2.11. The van der Waals surface area contributed by atoms with E-state index in [-0.39, 0.29) is 12.0 Å². The summed E-state index contributed by atoms with van der Waals surface area (Å²) in [5.41, 5.74) is 2.21. The van der Waals surface area contributed by atoms with E-state index in [1.165, 1.54) is 0 Å². The van der Waals surface area contributed by atoms with E-state index < -0.39 is 0 Å². The molecule has 0 bridgehead atoms. The molecule has 0 saturated carbocycles. The maximum absolute atomic E-state index is 12.0. The molecule has 1 aromatic heterocycles. The van der Waals surface area contributed by atoms with Gasteiger partial charge in [-0.05, 0) is 63.4 Å². The third kappa shape index (κ3) is 6.27. The standard InChI is InChI=1S/C20H27NO4/c1-14(2)23-11-5-10-21-20(22)18-9-8-17(25-18)13-24-19-12-15(3)6-7-16(19)4/h6-9,12,14H,5,10-11,13H2,1-4H3,(H,21,22). The Bertz CT molecular complexity index is 691. The van der Waals surface area contributed by atoms with E-state index in [9.17, 15) is 4.79 Å². The second-order valence-corrected chi connectivity index (χ2v) is 6.35. The molecule has 1 aromatic carbocycles. The third-order valence-corrected chi connectivity index (χ3v) is 3.66. The molecule has 25 heavy (non-hydrogen) atoms. The predicted octanol–water partition coefficient (Wildman–Crippen LogP) is 4.02. The van der Waals surface area contributed by atoms with Crippen molar-refractivity contribution in [2.45, 2.75) is 46.8 Å². The molecular formula is C20H27NO4. The van der Waals surface area contributed by atoms with Crippen molar-refractivity contribution in [2.75, 3.05) is 13.2 Å². The Hall–Kier alpha value is -2.27. The number of hydrogen-bond donors (Lipinski definition) is 1. The van der Waals surface area contributed by atoms with Gasteiger partial charge in [0, 0.05) is 13.2 Å². The maximum Gasteiger partial charge on any atom is 0.286 e. The molecule has 0 aliphatic heterocycles. The van der Waals surface area contributed by atoms with Crippen molar-refractivity contribution in [3.63, 3.8) is 0 Å². The predicted molar refractivity (Wildman–Crippen MR) is 97.0 cm³/mol. The third-order valence-electron chi connectivity index (χ3n) is 3.66. The first-order valence-corrected chi connectivity index (χ1v) is 8.64. The second-order valence-electron chi connectivity index (χ2n) is 6.35. The molecular weight excluding hydrogens is 318 g/mol. The zero-order chi connectivity index (χ0) is 18.2. The normalized spacial score (nSPS) is 10.9. The molecule has 0 fully saturated rings. The van der Waals surface area contributed by atoms with Gasteiger partial charge in [-0.3, -0.25) is 4.79 Å². The molecule has 0 radical (unpaired) electrons. The Labute approximate surface area is 149 Å². The molecule has 0 unspecified atom stereocenters. The van der Waals surface area contributed by atoms with Crippen molar-refractivity contribution in [2.24, 2.45) is 0 Å². The molecule has 2 rings (SSSR count). The number of rotatable bonds is 9. The monoisotopic (exact) mass is 345 g/mol. The van der Waals surface area contributed by atoms with Crippen LogP contribution in [-0.2, 0) is 11.3 Å². The van der Waals surface area contributed by atoms with Crippen molar-refractivity contribution in [1.29, 1.82) is 0 Å². The molecule has 0 atom stereocenters. The van der Waals surface area contributed by atoms with Gasteiger partial charge >= 0.3 is 0 Å². The minimum Gasteiger partial charge on any atom is -0.485 e. The van der Waals surface area contributed by atoms with Crippen molar-refractivity contribution in [3.05, 3.63) is 53.0 Å². The van der Waals surface area contributed by atoms with Gasteiger partial charge in [-0.15, -0.1) is 0 Å². The van der Waals surface area contributed by atoms with Crippen molar-refractivity contribution in [3.8, 4) is 5.75 Å². The smallest absolute Gasteiger partial charge is 0.286 e. The van der Waals surface area contributed by atoms with Crippen LogP contribution >= 0.6 is 0 Å². The second kappa shape index (κ2) is 9.28. The molecule has 0 spiro atoms. The van der Waals surface area contributed by atoms with Gasteiger partial charge in [0.25, 0.3) is 5.91 Å². The Balaban J connectivity index is 1.79. The summed E-state index contributed by atoms with van der Waals surface area (Å²) in [7, 11) is 0. The lowest BCUT2D eigenvalue weighted by Crippen LogP contribution is -2.25. The van der Waals surface area contributed by atoms with E-state index in [0.29, 0.717) is 31.3 Å². The molecule has 0 aliphatic carbocycles. The molecule has 0 aliphatic rings. The van der Waals surface area contributed by atoms with Crippen LogP contribution in [-0.4, -0.2) is 25.2 Å². The minimum atomic E-state index is -0.220. The number of hydrogen-bond acceptors (Lipinski definition) is 4. The zero-order valence-electron chi connectivity index (χ0n) is 15.4. The SMILES string of the molecule is Cc1ccc(C)c(OCc2ccc(C(=O)NCCCOC(C)C)o2)c1. The van der Waals surface area contributed by atoms with Crippen LogP contribution in [0, 0.1) is 13.8 Å². The number of amides is 1. The Morgan fingerprint density at radius 1 is 1.20 bits per heavy atom. The molecule has 1 amide bonds. The summed E-state index contributed by atoms with van der Waals surface area (Å²) in [6.45, 7) is 9.48. The van der Waals surface area contributed by atoms with Crippen LogP contribution in [0.15, 0.2) is 34.7 Å². The summed E-state index contributed by atoms with van der Waals surface area (Å²) in [6, 6.07) is 9.49. The van der Waals surface area contributed by atoms with Gasteiger partial charge in [0.05, 0.1) is 6.10 Å². The van der Waals surface area contributed by atoms with Crippen LogP contribution in [0.5, 0.6) is 5.75 Å². The average molecular weight is 345 g/mol. The highest BCUT2D eigenvalue weighted by Crippen LogP contribution is 2.21. The largest absolute Gasteiger partial charge is 0.485 e. The van der Waals surface area contributed by atoms with E-state index in [0.717, 1.165) is 23.3 Å². The van der Waals surface area contributed by atoms with E-state index >= 15 is 0 Å². The number of furan rings is 1. The lowest BCUT2D eigenvalue weighted by atomic mass is 10.1. The summed E-state index contributed by atoms with van der Waals surface area (Å²) in [5, 5.41) is 2.82. The summed E-state index contributed by atoms with van der Waals surface area (Å²) >= 11 is 0. The fourth-order valence-electron chi connectivity index (χ4n) is 2.27. The Morgan fingerprint density at radius 3 is 2.76 bits per heavy atom. The summed E-state index contributed by atoms with van der Waals surface area (Å²) in [6.07, 6.45) is 0.980. The average Bonchev–Trinajstić information content (AvgIpc) is 3.04. The first kappa shape index (κ1) is 19.1. The van der Waals surface area contributed by atoms with Crippen LogP contribution in [0.4, 0.5) is 0 Å². The Morgan fingerprint density at radius 2 is 2.00 bits per heavy atom. The molecule has 1 heterocycles. The van der Waals surface area contributed by atoms with E-state index in [1.54, 1.807) is 12.1 Å². The number of aryl methyl sites for hydroxylation is 2. The highest BCUT2D eigenvalue weighted by atomic mass is 16.5. The van der Waals surface area contributed by atoms with E-state index in [2.05, 4.69) is 5.32 Å². The fraction of sp³-hybridized carbons (Fsp3) is 0.450. The van der Waals surface area contributed by atoms with Crippen molar-refractivity contribution >= 4 is 5.91 Å². The maximum atomic E-state index is 12.0. The van der Waals surface area contributed by atoms with E-state index in [4.69, 9.17) is 13.9 Å². The van der Waals surface area contributed by atoms with Gasteiger partial charge in [-0.2, -0.15) is 0 Å². The topological polar surface area (TPSA) is 60.7 Å². The minimum absolute atomic E-state index is 0.209. The Kier molecular flexibility index (Phi) is 7.07. The summed E-state index contributed by atoms with van der Waals surface area (Å²) in [4.78, 5) is 12.0. The fourth-order valence-corrected chi connectivity index (χ4v) is 2.27. The molecule has 5 heteroatoms. The molecule has 0 saturated heterocycles. The number of benzene rings is 1. The van der Waals surface area contributed by atoms with Gasteiger partial charge in [0.2, 0.25) is 0 Å². The molecule has 1 N–H and O–H groups in total. The molecule has 5 nitrogen and oxygen atoms in total.